The summed E-state index contributed by atoms with van der Waals surface area (Å²) in [4.78, 5) is 11.2. The van der Waals surface area contributed by atoms with Crippen LogP contribution in [0.15, 0.2) is 0 Å². The molecule has 0 aromatic heterocycles. The maximum atomic E-state index is 11.2. The molecule has 0 unspecified atom stereocenters. The predicted molar refractivity (Wildman–Crippen MR) is 76.3 cm³/mol. The third-order valence-corrected chi connectivity index (χ3v) is 2.83. The van der Waals surface area contributed by atoms with E-state index >= 15 is 0 Å². The number of carbonyl (C=O) groups excluding carboxylic acids is 1. The Morgan fingerprint density at radius 3 is 2.22 bits per heavy atom. The Morgan fingerprint density at radius 1 is 0.889 bits per heavy atom. The molecule has 0 saturated heterocycles. The molecule has 2 nitrogen and oxygen atoms in total. The van der Waals surface area contributed by atoms with Crippen LogP contribution >= 0.6 is 0 Å². The molecule has 0 atom stereocenters. The Balaban J connectivity index is 3.31. The van der Waals surface area contributed by atoms with Gasteiger partial charge in [0, 0.05) is 12.3 Å². The molecule has 0 fully saturated rings. The molecule has 104 valence electrons. The molecule has 0 aliphatic rings. The van der Waals surface area contributed by atoms with Crippen LogP contribution in [0.25, 0.3) is 0 Å². The molecular weight excluding hydrogens is 224 g/mol. The number of hydrogen-bond donors (Lipinski definition) is 0. The van der Waals surface area contributed by atoms with Crippen LogP contribution in [0.2, 0.25) is 0 Å². The van der Waals surface area contributed by atoms with Gasteiger partial charge >= 0.3 is 5.97 Å². The maximum Gasteiger partial charge on any atom is 0.384 e. The average molecular weight is 252 g/mol. The van der Waals surface area contributed by atoms with Gasteiger partial charge in [0.05, 0.1) is 6.61 Å². The quantitative estimate of drug-likeness (QED) is 0.248. The highest BCUT2D eigenvalue weighted by molar-refractivity contribution is 5.88. The minimum absolute atomic E-state index is 0.361. The monoisotopic (exact) mass is 252 g/mol. The van der Waals surface area contributed by atoms with E-state index in [1.165, 1.54) is 38.5 Å². The van der Waals surface area contributed by atoms with Gasteiger partial charge in [-0.05, 0) is 12.8 Å². The highest BCUT2D eigenvalue weighted by Crippen LogP contribution is 2.04. The Morgan fingerprint density at radius 2 is 1.50 bits per heavy atom. The first-order valence-electron chi connectivity index (χ1n) is 7.46. The van der Waals surface area contributed by atoms with Gasteiger partial charge in [-0.1, -0.05) is 64.7 Å². The lowest BCUT2D eigenvalue weighted by molar-refractivity contribution is -0.136. The van der Waals surface area contributed by atoms with Gasteiger partial charge < -0.3 is 4.74 Å². The molecule has 0 radical (unpaired) electrons. The van der Waals surface area contributed by atoms with E-state index in [-0.39, 0.29) is 5.97 Å². The summed E-state index contributed by atoms with van der Waals surface area (Å²) in [6, 6.07) is 0. The Kier molecular flexibility index (Phi) is 13.3. The van der Waals surface area contributed by atoms with Gasteiger partial charge in [0.25, 0.3) is 0 Å². The Bertz CT molecular complexity index is 248. The second kappa shape index (κ2) is 14.1. The van der Waals surface area contributed by atoms with Crippen molar-refractivity contribution in [3.63, 3.8) is 0 Å². The molecule has 0 rings (SSSR count). The van der Waals surface area contributed by atoms with Crippen molar-refractivity contribution < 1.29 is 9.53 Å². The fourth-order valence-electron chi connectivity index (χ4n) is 1.68. The first-order valence-corrected chi connectivity index (χ1v) is 7.46. The number of carbonyl (C=O) groups is 1. The summed E-state index contributed by atoms with van der Waals surface area (Å²) in [5, 5.41) is 0. The number of unbranched alkanes of at least 4 members (excludes halogenated alkanes) is 8. The van der Waals surface area contributed by atoms with Gasteiger partial charge in [-0.25, -0.2) is 4.79 Å². The molecule has 0 heterocycles. The summed E-state index contributed by atoms with van der Waals surface area (Å²) in [6.45, 7) is 4.89. The van der Waals surface area contributed by atoms with Gasteiger partial charge in [0.15, 0.2) is 0 Å². The molecule has 0 N–H and O–H groups in total. The van der Waals surface area contributed by atoms with Gasteiger partial charge in [-0.15, -0.1) is 0 Å². The fourth-order valence-corrected chi connectivity index (χ4v) is 1.68. The van der Waals surface area contributed by atoms with Crippen molar-refractivity contribution in [2.45, 2.75) is 78.1 Å². The summed E-state index contributed by atoms with van der Waals surface area (Å²) >= 11 is 0. The zero-order valence-electron chi connectivity index (χ0n) is 12.1. The molecule has 0 aliphatic carbocycles. The lowest BCUT2D eigenvalue weighted by Gasteiger charge is -2.00. The third-order valence-electron chi connectivity index (χ3n) is 2.83. The van der Waals surface area contributed by atoms with Crippen molar-refractivity contribution in [2.75, 3.05) is 6.61 Å². The normalized spacial score (nSPS) is 9.67. The van der Waals surface area contributed by atoms with Gasteiger partial charge in [0.2, 0.25) is 0 Å². The van der Waals surface area contributed by atoms with Gasteiger partial charge in [-0.2, -0.15) is 0 Å². The number of hydrogen-bond acceptors (Lipinski definition) is 2. The molecule has 2 heteroatoms. The van der Waals surface area contributed by atoms with Crippen LogP contribution in [-0.2, 0) is 9.53 Å². The van der Waals surface area contributed by atoms with E-state index in [1.807, 2.05) is 0 Å². The Hall–Kier alpha value is -0.970. The highest BCUT2D eigenvalue weighted by Gasteiger charge is 1.96. The van der Waals surface area contributed by atoms with Crippen LogP contribution in [0, 0.1) is 11.8 Å². The van der Waals surface area contributed by atoms with Crippen molar-refractivity contribution in [3.05, 3.63) is 0 Å². The van der Waals surface area contributed by atoms with Crippen molar-refractivity contribution in [1.29, 1.82) is 0 Å². The number of rotatable bonds is 10. The van der Waals surface area contributed by atoms with E-state index in [0.29, 0.717) is 6.61 Å². The van der Waals surface area contributed by atoms with Crippen LogP contribution in [0.5, 0.6) is 0 Å². The lowest BCUT2D eigenvalue weighted by atomic mass is 10.1. The Labute approximate surface area is 112 Å². The van der Waals surface area contributed by atoms with Crippen molar-refractivity contribution >= 4 is 5.97 Å². The summed E-state index contributed by atoms with van der Waals surface area (Å²) in [6.07, 6.45) is 11.5. The summed E-state index contributed by atoms with van der Waals surface area (Å²) in [7, 11) is 0. The van der Waals surface area contributed by atoms with Crippen molar-refractivity contribution in [1.82, 2.24) is 0 Å². The first-order chi connectivity index (χ1) is 8.81. The molecule has 0 amide bonds. The third kappa shape index (κ3) is 13.1. The van der Waals surface area contributed by atoms with E-state index in [4.69, 9.17) is 4.74 Å². The van der Waals surface area contributed by atoms with Gasteiger partial charge in [0.1, 0.15) is 0 Å². The van der Waals surface area contributed by atoms with E-state index in [0.717, 1.165) is 25.7 Å². The van der Waals surface area contributed by atoms with E-state index in [9.17, 15) is 4.79 Å². The van der Waals surface area contributed by atoms with Crippen LogP contribution in [0.3, 0.4) is 0 Å². The van der Waals surface area contributed by atoms with Crippen LogP contribution in [0.4, 0.5) is 0 Å². The molecule has 0 aliphatic heterocycles. The fraction of sp³-hybridized carbons (Fsp3) is 0.812. The van der Waals surface area contributed by atoms with Crippen LogP contribution in [-0.4, -0.2) is 12.6 Å². The molecule has 0 spiro atoms. The molecule has 0 bridgehead atoms. The van der Waals surface area contributed by atoms with Crippen molar-refractivity contribution in [2.24, 2.45) is 0 Å². The first kappa shape index (κ1) is 17.0. The second-order valence-electron chi connectivity index (χ2n) is 4.66. The van der Waals surface area contributed by atoms with Gasteiger partial charge in [-0.3, -0.25) is 0 Å². The topological polar surface area (TPSA) is 26.3 Å². The van der Waals surface area contributed by atoms with E-state index in [1.54, 1.807) is 0 Å². The predicted octanol–water partition coefficient (Wildman–Crippen LogP) is 4.47. The molecule has 0 saturated carbocycles. The van der Waals surface area contributed by atoms with Crippen LogP contribution < -0.4 is 0 Å². The van der Waals surface area contributed by atoms with Crippen LogP contribution in [0.1, 0.15) is 78.1 Å². The standard InChI is InChI=1S/C16H28O2/c1-3-5-7-9-11-13-15-18-16(17)14-12-10-8-6-4-2/h3-11,13,15H2,1-2H3. The largest absolute Gasteiger partial charge is 0.456 e. The van der Waals surface area contributed by atoms with Crippen molar-refractivity contribution in [3.8, 4) is 11.8 Å². The number of esters is 1. The highest BCUT2D eigenvalue weighted by atomic mass is 16.5. The van der Waals surface area contributed by atoms with E-state index < -0.39 is 0 Å². The molecule has 0 aromatic rings. The smallest absolute Gasteiger partial charge is 0.384 e. The summed E-state index contributed by atoms with van der Waals surface area (Å²) in [5.41, 5.74) is 0. The number of ether oxygens (including phenoxy) is 1. The molecular formula is C16H28O2. The second-order valence-corrected chi connectivity index (χ2v) is 4.66. The SMILES string of the molecule is CCCCCC#CC(=O)OCCCCCCCC. The minimum Gasteiger partial charge on any atom is -0.456 e. The molecule has 18 heavy (non-hydrogen) atoms. The van der Waals surface area contributed by atoms with E-state index in [2.05, 4.69) is 25.7 Å². The summed E-state index contributed by atoms with van der Waals surface area (Å²) in [5.74, 6) is 5.04. The zero-order valence-corrected chi connectivity index (χ0v) is 12.1. The average Bonchev–Trinajstić information content (AvgIpc) is 2.37. The summed E-state index contributed by atoms with van der Waals surface area (Å²) < 4.78 is 5.04. The zero-order chi connectivity index (χ0) is 13.5. The molecule has 0 aromatic carbocycles. The maximum absolute atomic E-state index is 11.2. The lowest BCUT2D eigenvalue weighted by Crippen LogP contribution is -2.02. The minimum atomic E-state index is -0.361.